The molecule has 0 heterocycles. The van der Waals surface area contributed by atoms with Gasteiger partial charge in [0, 0.05) is 0 Å². The fourth-order valence-corrected chi connectivity index (χ4v) is 6.53. The summed E-state index contributed by atoms with van der Waals surface area (Å²) >= 11 is 0. The molecule has 0 aromatic carbocycles. The van der Waals surface area contributed by atoms with E-state index in [1.54, 1.807) is 0 Å². The summed E-state index contributed by atoms with van der Waals surface area (Å²) in [6.45, 7) is 10.1. The highest BCUT2D eigenvalue weighted by Gasteiger charge is 2.30. The largest absolute Gasteiger partial charge is 0.465 e. The molecule has 264 valence electrons. The van der Waals surface area contributed by atoms with Crippen LogP contribution in [0, 0.1) is 23.7 Å². The van der Waals surface area contributed by atoms with Crippen molar-refractivity contribution in [2.45, 2.75) is 155 Å². The van der Waals surface area contributed by atoms with Crippen LogP contribution in [0.1, 0.15) is 130 Å². The number of esters is 4. The van der Waals surface area contributed by atoms with Gasteiger partial charge in [0.15, 0.2) is 0 Å². The first kappa shape index (κ1) is 38.2. The van der Waals surface area contributed by atoms with E-state index < -0.39 is 12.1 Å². The Labute approximate surface area is 277 Å². The van der Waals surface area contributed by atoms with Gasteiger partial charge in [-0.2, -0.15) is 0 Å². The zero-order valence-electron chi connectivity index (χ0n) is 29.0. The Kier molecular flexibility index (Phi) is 17.4. The number of hydrogen-bond acceptors (Lipinski definition) is 10. The van der Waals surface area contributed by atoms with Gasteiger partial charge in [-0.1, -0.05) is 40.5 Å². The Morgan fingerprint density at radius 3 is 1.22 bits per heavy atom. The van der Waals surface area contributed by atoms with Gasteiger partial charge in [0.2, 0.25) is 0 Å². The maximum atomic E-state index is 12.9. The lowest BCUT2D eigenvalue weighted by Gasteiger charge is -2.28. The summed E-state index contributed by atoms with van der Waals surface area (Å²) in [6.07, 6.45) is 13.5. The highest BCUT2D eigenvalue weighted by atomic mass is 16.6. The summed E-state index contributed by atoms with van der Waals surface area (Å²) < 4.78 is 22.8. The molecular weight excluding hydrogens is 588 g/mol. The number of hydrogen-bond donors (Lipinski definition) is 2. The molecule has 0 spiro atoms. The Balaban J connectivity index is 1.35. The van der Waals surface area contributed by atoms with E-state index in [1.807, 2.05) is 0 Å². The predicted molar refractivity (Wildman–Crippen MR) is 176 cm³/mol. The van der Waals surface area contributed by atoms with Crippen LogP contribution in [0.5, 0.6) is 0 Å². The van der Waals surface area contributed by atoms with E-state index in [0.29, 0.717) is 38.1 Å². The second-order valence-electron chi connectivity index (χ2n) is 14.8. The monoisotopic (exact) mass is 650 g/mol. The molecule has 3 saturated carbocycles. The van der Waals surface area contributed by atoms with E-state index >= 15 is 0 Å². The molecule has 0 radical (unpaired) electrons. The lowest BCUT2D eigenvalue weighted by Crippen LogP contribution is -2.43. The number of carbonyl (C=O) groups excluding carboxylic acids is 4. The summed E-state index contributed by atoms with van der Waals surface area (Å²) in [5.74, 6) is -0.341. The molecule has 0 aliphatic heterocycles. The van der Waals surface area contributed by atoms with Crippen molar-refractivity contribution in [3.05, 3.63) is 0 Å². The molecule has 0 amide bonds. The molecule has 10 heteroatoms. The van der Waals surface area contributed by atoms with Crippen LogP contribution in [0.3, 0.4) is 0 Å². The first-order valence-electron chi connectivity index (χ1n) is 18.3. The second kappa shape index (κ2) is 20.9. The van der Waals surface area contributed by atoms with Gasteiger partial charge in [0.05, 0.1) is 26.1 Å². The van der Waals surface area contributed by atoms with Gasteiger partial charge in [-0.3, -0.25) is 19.2 Å². The lowest BCUT2D eigenvalue weighted by atomic mass is 9.83. The molecule has 3 rings (SSSR count). The van der Waals surface area contributed by atoms with Crippen LogP contribution in [0.25, 0.3) is 0 Å². The minimum Gasteiger partial charge on any atom is -0.465 e. The SMILES string of the molecule is CC(C)CNC(CC(=O)OCC1CCC(COC(=O)CC(NCC(C)C)C(=O)OC2CCCCC2)CC1)C(=O)OC1CCCCC1. The lowest BCUT2D eigenvalue weighted by molar-refractivity contribution is -0.158. The molecule has 3 aliphatic rings. The van der Waals surface area contributed by atoms with Crippen LogP contribution in [0.2, 0.25) is 0 Å². The zero-order chi connectivity index (χ0) is 33.3. The van der Waals surface area contributed by atoms with E-state index in [-0.39, 0.29) is 60.8 Å². The van der Waals surface area contributed by atoms with Gasteiger partial charge < -0.3 is 29.6 Å². The number of ether oxygens (including phenoxy) is 4. The van der Waals surface area contributed by atoms with Gasteiger partial charge in [-0.15, -0.1) is 0 Å². The molecular formula is C36H62N2O8. The first-order valence-corrected chi connectivity index (χ1v) is 18.3. The minimum absolute atomic E-state index is 0.0369. The third kappa shape index (κ3) is 15.1. The van der Waals surface area contributed by atoms with Crippen molar-refractivity contribution in [2.24, 2.45) is 23.7 Å². The van der Waals surface area contributed by atoms with E-state index in [2.05, 4.69) is 38.3 Å². The van der Waals surface area contributed by atoms with E-state index in [1.165, 1.54) is 12.8 Å². The maximum Gasteiger partial charge on any atom is 0.324 e. The Hall–Kier alpha value is -2.20. The average Bonchev–Trinajstić information content (AvgIpc) is 3.04. The maximum absolute atomic E-state index is 12.9. The molecule has 0 aromatic heterocycles. The molecule has 3 fully saturated rings. The fraction of sp³-hybridized carbons (Fsp3) is 0.889. The van der Waals surface area contributed by atoms with Gasteiger partial charge in [-0.25, -0.2) is 0 Å². The van der Waals surface area contributed by atoms with Gasteiger partial charge in [0.1, 0.15) is 24.3 Å². The topological polar surface area (TPSA) is 129 Å². The predicted octanol–water partition coefficient (Wildman–Crippen LogP) is 5.64. The molecule has 0 saturated heterocycles. The Morgan fingerprint density at radius 1 is 0.543 bits per heavy atom. The smallest absolute Gasteiger partial charge is 0.324 e. The summed E-state index contributed by atoms with van der Waals surface area (Å²) in [4.78, 5) is 51.3. The third-order valence-corrected chi connectivity index (χ3v) is 9.45. The van der Waals surface area contributed by atoms with Crippen molar-refractivity contribution in [1.82, 2.24) is 10.6 Å². The van der Waals surface area contributed by atoms with Crippen LogP contribution >= 0.6 is 0 Å². The highest BCUT2D eigenvalue weighted by molar-refractivity contribution is 5.83. The quantitative estimate of drug-likeness (QED) is 0.142. The molecule has 2 N–H and O–H groups in total. The Morgan fingerprint density at radius 2 is 0.891 bits per heavy atom. The molecule has 0 bridgehead atoms. The molecule has 10 nitrogen and oxygen atoms in total. The van der Waals surface area contributed by atoms with Crippen molar-refractivity contribution in [3.8, 4) is 0 Å². The molecule has 0 aromatic rings. The van der Waals surface area contributed by atoms with Crippen molar-refractivity contribution >= 4 is 23.9 Å². The zero-order valence-corrected chi connectivity index (χ0v) is 29.0. The van der Waals surface area contributed by atoms with Crippen molar-refractivity contribution < 1.29 is 38.1 Å². The number of rotatable bonds is 18. The van der Waals surface area contributed by atoms with Crippen LogP contribution in [0.4, 0.5) is 0 Å². The summed E-state index contributed by atoms with van der Waals surface area (Å²) in [6, 6.07) is -1.40. The minimum atomic E-state index is -0.698. The molecule has 3 aliphatic carbocycles. The number of carbonyl (C=O) groups is 4. The van der Waals surface area contributed by atoms with Gasteiger partial charge in [-0.05, 0) is 114 Å². The van der Waals surface area contributed by atoms with Crippen LogP contribution in [0.15, 0.2) is 0 Å². The van der Waals surface area contributed by atoms with Crippen LogP contribution in [-0.2, 0) is 38.1 Å². The van der Waals surface area contributed by atoms with E-state index in [0.717, 1.165) is 77.0 Å². The molecule has 2 atom stereocenters. The fourth-order valence-electron chi connectivity index (χ4n) is 6.53. The normalized spacial score (nSPS) is 22.7. The van der Waals surface area contributed by atoms with Crippen molar-refractivity contribution in [2.75, 3.05) is 26.3 Å². The number of nitrogens with one attached hydrogen (secondary N) is 2. The van der Waals surface area contributed by atoms with E-state index in [9.17, 15) is 19.2 Å². The molecule has 2 unspecified atom stereocenters. The van der Waals surface area contributed by atoms with Crippen molar-refractivity contribution in [3.63, 3.8) is 0 Å². The second-order valence-corrected chi connectivity index (χ2v) is 14.8. The van der Waals surface area contributed by atoms with Gasteiger partial charge >= 0.3 is 23.9 Å². The van der Waals surface area contributed by atoms with Crippen LogP contribution < -0.4 is 10.6 Å². The average molecular weight is 651 g/mol. The third-order valence-electron chi connectivity index (χ3n) is 9.45. The Bertz CT molecular complexity index is 847. The molecule has 46 heavy (non-hydrogen) atoms. The standard InChI is InChI=1S/C36H62N2O8/c1-25(2)21-37-31(35(41)45-29-11-7-5-8-12-29)19-33(39)43-23-27-15-17-28(18-16-27)24-44-34(40)20-32(38-22-26(3)4)36(42)46-30-13-9-6-10-14-30/h25-32,37-38H,5-24H2,1-4H3. The van der Waals surface area contributed by atoms with Crippen LogP contribution in [-0.4, -0.2) is 74.5 Å². The van der Waals surface area contributed by atoms with E-state index in [4.69, 9.17) is 18.9 Å². The summed E-state index contributed by atoms with van der Waals surface area (Å²) in [7, 11) is 0. The first-order chi connectivity index (χ1) is 22.1. The summed E-state index contributed by atoms with van der Waals surface area (Å²) in [5.41, 5.74) is 0. The van der Waals surface area contributed by atoms with Crippen molar-refractivity contribution in [1.29, 1.82) is 0 Å². The highest BCUT2D eigenvalue weighted by Crippen LogP contribution is 2.29. The van der Waals surface area contributed by atoms with Gasteiger partial charge in [0.25, 0.3) is 0 Å². The summed E-state index contributed by atoms with van der Waals surface area (Å²) in [5, 5.41) is 6.42.